The molecular formula is C14H21F3N2O. The number of aromatic nitrogens is 1. The second-order valence-electron chi connectivity index (χ2n) is 5.43. The monoisotopic (exact) mass is 290 g/mol. The van der Waals surface area contributed by atoms with Crippen molar-refractivity contribution in [1.82, 2.24) is 10.3 Å². The molecule has 1 aliphatic rings. The molecule has 1 saturated carbocycles. The highest BCUT2D eigenvalue weighted by Crippen LogP contribution is 2.43. The molecule has 0 bridgehead atoms. The molecule has 1 heterocycles. The summed E-state index contributed by atoms with van der Waals surface area (Å²) < 4.78 is 43.4. The van der Waals surface area contributed by atoms with Gasteiger partial charge in [0, 0.05) is 12.5 Å². The zero-order chi connectivity index (χ0) is 14.6. The second-order valence-corrected chi connectivity index (χ2v) is 5.43. The quantitative estimate of drug-likeness (QED) is 0.833. The van der Waals surface area contributed by atoms with Crippen LogP contribution < -0.4 is 5.32 Å². The highest BCUT2D eigenvalue weighted by atomic mass is 19.4. The number of alkyl halides is 3. The molecule has 0 unspecified atom stereocenters. The molecule has 0 aromatic carbocycles. The lowest BCUT2D eigenvalue weighted by Gasteiger charge is -2.29. The van der Waals surface area contributed by atoms with E-state index < -0.39 is 12.1 Å². The molecule has 1 aromatic heterocycles. The molecule has 20 heavy (non-hydrogen) atoms. The van der Waals surface area contributed by atoms with Gasteiger partial charge in [-0.3, -0.25) is 0 Å². The van der Waals surface area contributed by atoms with E-state index in [2.05, 4.69) is 17.2 Å². The van der Waals surface area contributed by atoms with Crippen molar-refractivity contribution in [3.8, 4) is 0 Å². The van der Waals surface area contributed by atoms with Gasteiger partial charge in [0.25, 0.3) is 0 Å². The van der Waals surface area contributed by atoms with Crippen molar-refractivity contribution >= 4 is 0 Å². The van der Waals surface area contributed by atoms with Gasteiger partial charge in [0.2, 0.25) is 0 Å². The average Bonchev–Trinajstić information content (AvgIpc) is 2.87. The molecule has 1 aliphatic carbocycles. The van der Waals surface area contributed by atoms with E-state index in [0.717, 1.165) is 24.4 Å². The maximum Gasteiger partial charge on any atom is 0.391 e. The van der Waals surface area contributed by atoms with Crippen LogP contribution in [0.3, 0.4) is 0 Å². The Kier molecular flexibility index (Phi) is 5.07. The Morgan fingerprint density at radius 1 is 1.30 bits per heavy atom. The zero-order valence-electron chi connectivity index (χ0n) is 11.7. The van der Waals surface area contributed by atoms with Crippen molar-refractivity contribution in [2.24, 2.45) is 5.92 Å². The zero-order valence-corrected chi connectivity index (χ0v) is 11.7. The number of hydrogen-bond acceptors (Lipinski definition) is 3. The molecule has 0 amide bonds. The smallest absolute Gasteiger partial charge is 0.391 e. The van der Waals surface area contributed by atoms with Gasteiger partial charge in [-0.05, 0) is 38.6 Å². The predicted molar refractivity (Wildman–Crippen MR) is 69.3 cm³/mol. The van der Waals surface area contributed by atoms with Crippen LogP contribution in [0.5, 0.6) is 0 Å². The molecule has 0 saturated heterocycles. The van der Waals surface area contributed by atoms with Crippen molar-refractivity contribution in [3.63, 3.8) is 0 Å². The second kappa shape index (κ2) is 6.61. The standard InChI is InChI=1S/C14H21F3N2O/c1-2-7-18-8-12-13(20-9-19-12)10-3-5-11(6-4-10)14(15,16)17/h9-11,18H,2-8H2,1H3. The number of hydrogen-bond donors (Lipinski definition) is 1. The van der Waals surface area contributed by atoms with Crippen LogP contribution in [-0.4, -0.2) is 17.7 Å². The third-order valence-corrected chi connectivity index (χ3v) is 3.95. The molecule has 3 nitrogen and oxygen atoms in total. The van der Waals surface area contributed by atoms with E-state index in [-0.39, 0.29) is 18.8 Å². The molecule has 114 valence electrons. The summed E-state index contributed by atoms with van der Waals surface area (Å²) in [6.45, 7) is 3.60. The first-order chi connectivity index (χ1) is 9.52. The largest absolute Gasteiger partial charge is 0.448 e. The maximum atomic E-state index is 12.6. The highest BCUT2D eigenvalue weighted by molar-refractivity contribution is 5.13. The van der Waals surface area contributed by atoms with Crippen LogP contribution in [0.15, 0.2) is 10.8 Å². The Morgan fingerprint density at radius 2 is 2.00 bits per heavy atom. The van der Waals surface area contributed by atoms with Gasteiger partial charge in [-0.15, -0.1) is 0 Å². The van der Waals surface area contributed by atoms with Crippen molar-refractivity contribution in [2.75, 3.05) is 6.54 Å². The number of nitrogens with one attached hydrogen (secondary N) is 1. The fourth-order valence-corrected chi connectivity index (χ4v) is 2.81. The Morgan fingerprint density at radius 3 is 2.60 bits per heavy atom. The maximum absolute atomic E-state index is 12.6. The molecule has 1 N–H and O–H groups in total. The number of oxazole rings is 1. The lowest BCUT2D eigenvalue weighted by Crippen LogP contribution is -2.27. The summed E-state index contributed by atoms with van der Waals surface area (Å²) in [4.78, 5) is 4.18. The normalized spacial score (nSPS) is 24.0. The molecule has 0 radical (unpaired) electrons. The van der Waals surface area contributed by atoms with E-state index in [1.165, 1.54) is 6.39 Å². The fraction of sp³-hybridized carbons (Fsp3) is 0.786. The van der Waals surface area contributed by atoms with E-state index >= 15 is 0 Å². The van der Waals surface area contributed by atoms with Crippen LogP contribution in [0.1, 0.15) is 56.4 Å². The van der Waals surface area contributed by atoms with Crippen LogP contribution >= 0.6 is 0 Å². The van der Waals surface area contributed by atoms with E-state index in [4.69, 9.17) is 4.42 Å². The van der Waals surface area contributed by atoms with Gasteiger partial charge in [-0.25, -0.2) is 4.98 Å². The van der Waals surface area contributed by atoms with Crippen LogP contribution in [0.4, 0.5) is 13.2 Å². The molecule has 6 heteroatoms. The average molecular weight is 290 g/mol. The Balaban J connectivity index is 1.92. The van der Waals surface area contributed by atoms with Crippen LogP contribution in [0.25, 0.3) is 0 Å². The summed E-state index contributed by atoms with van der Waals surface area (Å²) in [5.41, 5.74) is 0.842. The van der Waals surface area contributed by atoms with Gasteiger partial charge in [0.1, 0.15) is 5.76 Å². The van der Waals surface area contributed by atoms with Gasteiger partial charge >= 0.3 is 6.18 Å². The van der Waals surface area contributed by atoms with Gasteiger partial charge in [0.15, 0.2) is 6.39 Å². The van der Waals surface area contributed by atoms with Crippen molar-refractivity contribution in [1.29, 1.82) is 0 Å². The molecular weight excluding hydrogens is 269 g/mol. The Labute approximate surface area is 117 Å². The first kappa shape index (κ1) is 15.4. The Hall–Kier alpha value is -1.04. The van der Waals surface area contributed by atoms with Crippen LogP contribution in [-0.2, 0) is 6.54 Å². The summed E-state index contributed by atoms with van der Waals surface area (Å²) in [6, 6.07) is 0. The topological polar surface area (TPSA) is 38.1 Å². The van der Waals surface area contributed by atoms with Crippen LogP contribution in [0, 0.1) is 5.92 Å². The minimum atomic E-state index is -4.06. The first-order valence-corrected chi connectivity index (χ1v) is 7.22. The molecule has 1 fully saturated rings. The third kappa shape index (κ3) is 3.75. The van der Waals surface area contributed by atoms with Gasteiger partial charge < -0.3 is 9.73 Å². The van der Waals surface area contributed by atoms with Crippen molar-refractivity contribution < 1.29 is 17.6 Å². The minimum absolute atomic E-state index is 0.0783. The van der Waals surface area contributed by atoms with E-state index in [0.29, 0.717) is 19.4 Å². The first-order valence-electron chi connectivity index (χ1n) is 7.22. The van der Waals surface area contributed by atoms with Crippen molar-refractivity contribution in [2.45, 2.75) is 57.7 Å². The summed E-state index contributed by atoms with van der Waals surface area (Å²) in [5.74, 6) is -0.299. The van der Waals surface area contributed by atoms with E-state index in [1.54, 1.807) is 0 Å². The van der Waals surface area contributed by atoms with E-state index in [9.17, 15) is 13.2 Å². The SMILES string of the molecule is CCCNCc1ncoc1C1CCC(C(F)(F)F)CC1. The van der Waals surface area contributed by atoms with Gasteiger partial charge in [0.05, 0.1) is 11.6 Å². The van der Waals surface area contributed by atoms with Crippen molar-refractivity contribution in [3.05, 3.63) is 17.8 Å². The summed E-state index contributed by atoms with van der Waals surface area (Å²) in [5, 5.41) is 3.25. The number of halogens is 3. The third-order valence-electron chi connectivity index (χ3n) is 3.95. The minimum Gasteiger partial charge on any atom is -0.448 e. The van der Waals surface area contributed by atoms with Gasteiger partial charge in [-0.2, -0.15) is 13.2 Å². The predicted octanol–water partition coefficient (Wildman–Crippen LogP) is 4.01. The molecule has 2 rings (SSSR count). The summed E-state index contributed by atoms with van der Waals surface area (Å²) in [6.07, 6.45) is -0.191. The summed E-state index contributed by atoms with van der Waals surface area (Å²) in [7, 11) is 0. The number of rotatable bonds is 5. The molecule has 0 spiro atoms. The highest BCUT2D eigenvalue weighted by Gasteiger charge is 2.42. The Bertz CT molecular complexity index is 409. The molecule has 0 aliphatic heterocycles. The lowest BCUT2D eigenvalue weighted by atomic mass is 9.80. The number of nitrogens with zero attached hydrogens (tertiary/aromatic N) is 1. The fourth-order valence-electron chi connectivity index (χ4n) is 2.81. The lowest BCUT2D eigenvalue weighted by molar-refractivity contribution is -0.182. The molecule has 0 atom stereocenters. The summed E-state index contributed by atoms with van der Waals surface area (Å²) >= 11 is 0. The van der Waals surface area contributed by atoms with Crippen LogP contribution in [0.2, 0.25) is 0 Å². The van der Waals surface area contributed by atoms with E-state index in [1.807, 2.05) is 0 Å². The van der Waals surface area contributed by atoms with Gasteiger partial charge in [-0.1, -0.05) is 6.92 Å². The molecule has 1 aromatic rings.